The van der Waals surface area contributed by atoms with Gasteiger partial charge in [-0.1, -0.05) is 5.16 Å². The number of aryl methyl sites for hydroxylation is 1. The molecule has 1 fully saturated rings. The van der Waals surface area contributed by atoms with Crippen LogP contribution in [0.25, 0.3) is 0 Å². The van der Waals surface area contributed by atoms with E-state index in [1.165, 1.54) is 11.3 Å². The maximum absolute atomic E-state index is 12.6. The first-order valence-corrected chi connectivity index (χ1v) is 8.39. The summed E-state index contributed by atoms with van der Waals surface area (Å²) in [4.78, 5) is 16.8. The van der Waals surface area contributed by atoms with Crippen molar-refractivity contribution in [3.05, 3.63) is 41.3 Å². The zero-order valence-electron chi connectivity index (χ0n) is 13.8. The highest BCUT2D eigenvalue weighted by atomic mass is 16.5. The summed E-state index contributed by atoms with van der Waals surface area (Å²) in [6.45, 7) is 5.97. The molecule has 3 heterocycles. The first-order chi connectivity index (χ1) is 11.7. The molecule has 2 aliphatic rings. The topological polar surface area (TPSA) is 58.8 Å². The monoisotopic (exact) mass is 327 g/mol. The van der Waals surface area contributed by atoms with E-state index in [4.69, 9.17) is 9.26 Å². The molecule has 1 aromatic heterocycles. The lowest BCUT2D eigenvalue weighted by atomic mass is 10.1. The first-order valence-electron chi connectivity index (χ1n) is 8.39. The van der Waals surface area contributed by atoms with E-state index < -0.39 is 0 Å². The van der Waals surface area contributed by atoms with Crippen LogP contribution in [0.5, 0.6) is 0 Å². The van der Waals surface area contributed by atoms with Gasteiger partial charge in [0.15, 0.2) is 0 Å². The molecule has 24 heavy (non-hydrogen) atoms. The molecule has 4 rings (SSSR count). The summed E-state index contributed by atoms with van der Waals surface area (Å²) in [7, 11) is 0. The van der Waals surface area contributed by atoms with Gasteiger partial charge in [0, 0.05) is 37.1 Å². The first kappa shape index (κ1) is 15.2. The molecule has 2 aromatic rings. The Hall–Kier alpha value is -2.34. The molecule has 0 aliphatic carbocycles. The Balaban J connectivity index is 1.50. The minimum Gasteiger partial charge on any atom is -0.378 e. The second kappa shape index (κ2) is 6.28. The van der Waals surface area contributed by atoms with Crippen LogP contribution in [0.3, 0.4) is 0 Å². The van der Waals surface area contributed by atoms with Crippen molar-refractivity contribution < 1.29 is 14.1 Å². The van der Waals surface area contributed by atoms with E-state index in [9.17, 15) is 4.79 Å². The molecular weight excluding hydrogens is 306 g/mol. The van der Waals surface area contributed by atoms with Gasteiger partial charge in [0.05, 0.1) is 25.3 Å². The Labute approximate surface area is 141 Å². The number of amides is 1. The van der Waals surface area contributed by atoms with Crippen molar-refractivity contribution in [3.8, 4) is 0 Å². The maximum atomic E-state index is 12.6. The minimum absolute atomic E-state index is 0.0705. The lowest BCUT2D eigenvalue weighted by molar-refractivity contribution is -0.118. The molecule has 2 aliphatic heterocycles. The number of benzene rings is 1. The second-order valence-electron chi connectivity index (χ2n) is 6.31. The number of nitrogens with zero attached hydrogens (tertiary/aromatic N) is 3. The number of hydrogen-bond donors (Lipinski definition) is 0. The normalized spacial score (nSPS) is 17.2. The van der Waals surface area contributed by atoms with Gasteiger partial charge in [0.1, 0.15) is 5.76 Å². The van der Waals surface area contributed by atoms with Crippen molar-refractivity contribution in [1.82, 2.24) is 5.16 Å². The fourth-order valence-corrected chi connectivity index (χ4v) is 3.42. The molecule has 126 valence electrons. The molecule has 1 amide bonds. The van der Waals surface area contributed by atoms with Crippen molar-refractivity contribution in [2.45, 2.75) is 19.8 Å². The average molecular weight is 327 g/mol. The molecule has 1 saturated heterocycles. The van der Waals surface area contributed by atoms with Gasteiger partial charge in [0.25, 0.3) is 0 Å². The van der Waals surface area contributed by atoms with E-state index in [0.717, 1.165) is 50.7 Å². The summed E-state index contributed by atoms with van der Waals surface area (Å²) >= 11 is 0. The van der Waals surface area contributed by atoms with Crippen LogP contribution in [0.2, 0.25) is 0 Å². The third kappa shape index (κ3) is 2.89. The Morgan fingerprint density at radius 1 is 1.21 bits per heavy atom. The molecule has 0 saturated carbocycles. The molecule has 0 radical (unpaired) electrons. The number of rotatable bonds is 3. The third-order valence-corrected chi connectivity index (χ3v) is 4.65. The summed E-state index contributed by atoms with van der Waals surface area (Å²) < 4.78 is 10.5. The van der Waals surface area contributed by atoms with Crippen LogP contribution in [0, 0.1) is 6.92 Å². The van der Waals surface area contributed by atoms with Gasteiger partial charge in [-0.3, -0.25) is 4.79 Å². The van der Waals surface area contributed by atoms with Gasteiger partial charge in [-0.2, -0.15) is 0 Å². The molecule has 1 aromatic carbocycles. The van der Waals surface area contributed by atoms with Gasteiger partial charge in [-0.05, 0) is 37.1 Å². The lowest BCUT2D eigenvalue weighted by Gasteiger charge is -2.29. The SMILES string of the molecule is Cc1cc(CC(=O)N2CCc3cc(N4CCOCC4)ccc32)no1. The number of aromatic nitrogens is 1. The molecule has 0 bridgehead atoms. The Morgan fingerprint density at radius 3 is 2.79 bits per heavy atom. The quantitative estimate of drug-likeness (QED) is 0.862. The number of carbonyl (C=O) groups is 1. The molecule has 0 unspecified atom stereocenters. The summed E-state index contributed by atoms with van der Waals surface area (Å²) in [5.41, 5.74) is 4.18. The lowest BCUT2D eigenvalue weighted by Crippen LogP contribution is -2.36. The smallest absolute Gasteiger partial charge is 0.233 e. The van der Waals surface area contributed by atoms with Crippen molar-refractivity contribution in [1.29, 1.82) is 0 Å². The van der Waals surface area contributed by atoms with Crippen molar-refractivity contribution in [2.75, 3.05) is 42.6 Å². The predicted octanol–water partition coefficient (Wildman–Crippen LogP) is 1.95. The average Bonchev–Trinajstić information content (AvgIpc) is 3.21. The van der Waals surface area contributed by atoms with Crippen LogP contribution in [0.15, 0.2) is 28.8 Å². The van der Waals surface area contributed by atoms with E-state index >= 15 is 0 Å². The highest BCUT2D eigenvalue weighted by Gasteiger charge is 2.26. The largest absolute Gasteiger partial charge is 0.378 e. The molecule has 0 atom stereocenters. The van der Waals surface area contributed by atoms with Crippen molar-refractivity contribution in [2.24, 2.45) is 0 Å². The third-order valence-electron chi connectivity index (χ3n) is 4.65. The van der Waals surface area contributed by atoms with Crippen LogP contribution >= 0.6 is 0 Å². The number of hydrogen-bond acceptors (Lipinski definition) is 5. The fourth-order valence-electron chi connectivity index (χ4n) is 3.42. The number of ether oxygens (including phenoxy) is 1. The van der Waals surface area contributed by atoms with E-state index in [1.54, 1.807) is 0 Å². The maximum Gasteiger partial charge on any atom is 0.233 e. The fraction of sp³-hybridized carbons (Fsp3) is 0.444. The standard InChI is InChI=1S/C18H21N3O3/c1-13-10-15(19-24-13)12-18(22)21-5-4-14-11-16(2-3-17(14)21)20-6-8-23-9-7-20/h2-3,10-11H,4-9,12H2,1H3. The second-order valence-corrected chi connectivity index (χ2v) is 6.31. The molecule has 0 N–H and O–H groups in total. The Kier molecular flexibility index (Phi) is 3.98. The van der Waals surface area contributed by atoms with Gasteiger partial charge in [-0.25, -0.2) is 0 Å². The summed E-state index contributed by atoms with van der Waals surface area (Å²) in [5, 5.41) is 3.92. The number of carbonyl (C=O) groups excluding carboxylic acids is 1. The predicted molar refractivity (Wildman–Crippen MR) is 90.5 cm³/mol. The summed E-state index contributed by atoms with van der Waals surface area (Å²) in [5.74, 6) is 0.802. The van der Waals surface area contributed by atoms with E-state index in [1.807, 2.05) is 17.9 Å². The zero-order valence-corrected chi connectivity index (χ0v) is 13.8. The Bertz CT molecular complexity index is 750. The Morgan fingerprint density at radius 2 is 2.04 bits per heavy atom. The van der Waals surface area contributed by atoms with Gasteiger partial charge >= 0.3 is 0 Å². The molecular formula is C18H21N3O3. The molecule has 0 spiro atoms. The minimum atomic E-state index is 0.0705. The number of anilines is 2. The van der Waals surface area contributed by atoms with E-state index in [2.05, 4.69) is 28.3 Å². The van der Waals surface area contributed by atoms with Gasteiger partial charge in [0.2, 0.25) is 5.91 Å². The van der Waals surface area contributed by atoms with Crippen LogP contribution < -0.4 is 9.80 Å². The van der Waals surface area contributed by atoms with E-state index in [0.29, 0.717) is 5.69 Å². The van der Waals surface area contributed by atoms with Crippen molar-refractivity contribution in [3.63, 3.8) is 0 Å². The van der Waals surface area contributed by atoms with Gasteiger partial charge < -0.3 is 19.1 Å². The molecule has 6 heteroatoms. The van der Waals surface area contributed by atoms with Crippen LogP contribution in [0.4, 0.5) is 11.4 Å². The zero-order chi connectivity index (χ0) is 16.5. The highest BCUT2D eigenvalue weighted by molar-refractivity contribution is 5.96. The van der Waals surface area contributed by atoms with Crippen molar-refractivity contribution >= 4 is 17.3 Å². The van der Waals surface area contributed by atoms with Gasteiger partial charge in [-0.15, -0.1) is 0 Å². The number of fused-ring (bicyclic) bond motifs is 1. The van der Waals surface area contributed by atoms with E-state index in [-0.39, 0.29) is 12.3 Å². The van der Waals surface area contributed by atoms with Crippen LogP contribution in [-0.2, 0) is 22.4 Å². The van der Waals surface area contributed by atoms with Crippen LogP contribution in [0.1, 0.15) is 17.0 Å². The highest BCUT2D eigenvalue weighted by Crippen LogP contribution is 2.32. The summed E-state index contributed by atoms with van der Waals surface area (Å²) in [6, 6.07) is 8.21. The summed E-state index contributed by atoms with van der Waals surface area (Å²) in [6.07, 6.45) is 1.18. The molecule has 6 nitrogen and oxygen atoms in total. The van der Waals surface area contributed by atoms with Crippen LogP contribution in [-0.4, -0.2) is 43.9 Å². The number of morpholine rings is 1.